The minimum absolute atomic E-state index is 0.00770. The Morgan fingerprint density at radius 2 is 2.33 bits per heavy atom. The van der Waals surface area contributed by atoms with Crippen LogP contribution in [0, 0.1) is 0 Å². The van der Waals surface area contributed by atoms with Gasteiger partial charge in [0.05, 0.1) is 7.11 Å². The molecule has 0 aromatic carbocycles. The van der Waals surface area contributed by atoms with Crippen molar-refractivity contribution in [2.45, 2.75) is 13.0 Å². The summed E-state index contributed by atoms with van der Waals surface area (Å²) in [6.45, 7) is 0.00770. The minimum Gasteiger partial charge on any atom is -0.496 e. The molecule has 0 amide bonds. The Bertz CT molecular complexity index is 369. The summed E-state index contributed by atoms with van der Waals surface area (Å²) in [7, 11) is 1.32. The van der Waals surface area contributed by atoms with Gasteiger partial charge in [-0.2, -0.15) is 0 Å². The van der Waals surface area contributed by atoms with Gasteiger partial charge in [0.15, 0.2) is 6.29 Å². The quantitative estimate of drug-likeness (QED) is 0.770. The van der Waals surface area contributed by atoms with Crippen molar-refractivity contribution in [3.63, 3.8) is 0 Å². The number of nitrogens with zero attached hydrogens (tertiary/aromatic N) is 1. The maximum atomic E-state index is 12.4. The Morgan fingerprint density at radius 3 is 2.73 bits per heavy atom. The zero-order chi connectivity index (χ0) is 11.4. The van der Waals surface area contributed by atoms with Gasteiger partial charge in [-0.05, 0) is 0 Å². The highest BCUT2D eigenvalue weighted by Crippen LogP contribution is 2.26. The highest BCUT2D eigenvalue weighted by molar-refractivity contribution is 5.76. The molecule has 1 aromatic heterocycles. The second-order valence-corrected chi connectivity index (χ2v) is 2.74. The molecule has 0 fully saturated rings. The summed E-state index contributed by atoms with van der Waals surface area (Å²) in [6, 6.07) is 1.08. The Morgan fingerprint density at radius 1 is 1.67 bits per heavy atom. The van der Waals surface area contributed by atoms with Crippen molar-refractivity contribution in [1.82, 2.24) is 4.98 Å². The van der Waals surface area contributed by atoms with Crippen molar-refractivity contribution in [2.24, 2.45) is 5.73 Å². The van der Waals surface area contributed by atoms with Crippen LogP contribution < -0.4 is 10.5 Å². The molecular weight excluding hydrogens is 206 g/mol. The lowest BCUT2D eigenvalue weighted by atomic mass is 10.1. The highest BCUT2D eigenvalue weighted by Gasteiger charge is 2.16. The number of aromatic nitrogens is 1. The number of hydrogen-bond acceptors (Lipinski definition) is 4. The van der Waals surface area contributed by atoms with E-state index in [1.807, 2.05) is 0 Å². The molecule has 2 N–H and O–H groups in total. The molecule has 0 atom stereocenters. The van der Waals surface area contributed by atoms with Crippen LogP contribution in [-0.2, 0) is 6.54 Å². The van der Waals surface area contributed by atoms with E-state index in [1.165, 1.54) is 7.11 Å². The fraction of sp³-hybridized carbons (Fsp3) is 0.333. The number of pyridine rings is 1. The molecule has 1 rings (SSSR count). The summed E-state index contributed by atoms with van der Waals surface area (Å²) in [6.07, 6.45) is -2.36. The number of carbonyl (C=O) groups is 1. The van der Waals surface area contributed by atoms with Crippen LogP contribution >= 0.6 is 0 Å². The van der Waals surface area contributed by atoms with Crippen molar-refractivity contribution in [3.05, 3.63) is 23.0 Å². The van der Waals surface area contributed by atoms with Crippen LogP contribution in [0.15, 0.2) is 6.07 Å². The van der Waals surface area contributed by atoms with Crippen LogP contribution in [-0.4, -0.2) is 18.4 Å². The van der Waals surface area contributed by atoms with Gasteiger partial charge in [0, 0.05) is 18.2 Å². The molecule has 0 spiro atoms. The van der Waals surface area contributed by atoms with Crippen LogP contribution in [0.4, 0.5) is 8.78 Å². The topological polar surface area (TPSA) is 65.2 Å². The van der Waals surface area contributed by atoms with Gasteiger partial charge in [-0.3, -0.25) is 4.79 Å². The fourth-order valence-electron chi connectivity index (χ4n) is 1.18. The SMILES string of the molecule is COc1cc(C(F)F)nc(C=O)c1CN. The molecule has 0 aliphatic carbocycles. The Hall–Kier alpha value is -1.56. The van der Waals surface area contributed by atoms with Gasteiger partial charge in [-0.1, -0.05) is 0 Å². The Labute approximate surface area is 85.1 Å². The average Bonchev–Trinajstić information content (AvgIpc) is 2.26. The van der Waals surface area contributed by atoms with Crippen molar-refractivity contribution < 1.29 is 18.3 Å². The summed E-state index contributed by atoms with van der Waals surface area (Å²) >= 11 is 0. The molecule has 0 saturated carbocycles. The number of methoxy groups -OCH3 is 1. The average molecular weight is 216 g/mol. The molecule has 6 heteroatoms. The molecular formula is C9H10F2N2O2. The molecule has 4 nitrogen and oxygen atoms in total. The minimum atomic E-state index is -2.75. The van der Waals surface area contributed by atoms with E-state index in [0.717, 1.165) is 6.07 Å². The third-order valence-electron chi connectivity index (χ3n) is 1.89. The van der Waals surface area contributed by atoms with Crippen LogP contribution in [0.3, 0.4) is 0 Å². The fourth-order valence-corrected chi connectivity index (χ4v) is 1.18. The van der Waals surface area contributed by atoms with Crippen LogP contribution in [0.2, 0.25) is 0 Å². The first-order chi connectivity index (χ1) is 7.13. The standard InChI is InChI=1S/C9H10F2N2O2/c1-15-8-2-6(9(10)11)13-7(4-14)5(8)3-12/h2,4,9H,3,12H2,1H3. The van der Waals surface area contributed by atoms with Gasteiger partial charge < -0.3 is 10.5 Å². The second kappa shape index (κ2) is 4.79. The van der Waals surface area contributed by atoms with E-state index in [2.05, 4.69) is 4.98 Å². The zero-order valence-electron chi connectivity index (χ0n) is 8.04. The largest absolute Gasteiger partial charge is 0.496 e. The maximum Gasteiger partial charge on any atom is 0.280 e. The van der Waals surface area contributed by atoms with E-state index in [4.69, 9.17) is 10.5 Å². The second-order valence-electron chi connectivity index (χ2n) is 2.74. The van der Waals surface area contributed by atoms with E-state index >= 15 is 0 Å². The first-order valence-electron chi connectivity index (χ1n) is 4.15. The number of alkyl halides is 2. The van der Waals surface area contributed by atoms with Gasteiger partial charge >= 0.3 is 0 Å². The predicted molar refractivity (Wildman–Crippen MR) is 49.0 cm³/mol. The number of ether oxygens (including phenoxy) is 1. The molecule has 0 radical (unpaired) electrons. The smallest absolute Gasteiger partial charge is 0.280 e. The maximum absolute atomic E-state index is 12.4. The number of aldehydes is 1. The summed E-state index contributed by atoms with van der Waals surface area (Å²) in [5.74, 6) is 0.157. The lowest BCUT2D eigenvalue weighted by Crippen LogP contribution is -2.08. The predicted octanol–water partition coefficient (Wildman–Crippen LogP) is 1.30. The van der Waals surface area contributed by atoms with Gasteiger partial charge in [-0.15, -0.1) is 0 Å². The molecule has 1 aromatic rings. The number of halogens is 2. The van der Waals surface area contributed by atoms with E-state index in [1.54, 1.807) is 0 Å². The molecule has 0 bridgehead atoms. The van der Waals surface area contributed by atoms with E-state index in [9.17, 15) is 13.6 Å². The van der Waals surface area contributed by atoms with Gasteiger partial charge in [0.2, 0.25) is 0 Å². The highest BCUT2D eigenvalue weighted by atomic mass is 19.3. The monoisotopic (exact) mass is 216 g/mol. The Balaban J connectivity index is 3.35. The lowest BCUT2D eigenvalue weighted by Gasteiger charge is -2.10. The first-order valence-corrected chi connectivity index (χ1v) is 4.15. The summed E-state index contributed by atoms with van der Waals surface area (Å²) < 4.78 is 29.6. The van der Waals surface area contributed by atoms with E-state index in [-0.39, 0.29) is 18.0 Å². The number of rotatable bonds is 4. The third-order valence-corrected chi connectivity index (χ3v) is 1.89. The van der Waals surface area contributed by atoms with E-state index < -0.39 is 12.1 Å². The van der Waals surface area contributed by atoms with Gasteiger partial charge in [0.1, 0.15) is 17.1 Å². The first kappa shape index (κ1) is 11.5. The zero-order valence-corrected chi connectivity index (χ0v) is 8.04. The van der Waals surface area contributed by atoms with Crippen molar-refractivity contribution in [3.8, 4) is 5.75 Å². The van der Waals surface area contributed by atoms with Gasteiger partial charge in [-0.25, -0.2) is 13.8 Å². The van der Waals surface area contributed by atoms with Crippen LogP contribution in [0.1, 0.15) is 28.2 Å². The molecule has 82 valence electrons. The molecule has 0 saturated heterocycles. The van der Waals surface area contributed by atoms with Crippen molar-refractivity contribution in [2.75, 3.05) is 7.11 Å². The molecule has 0 unspecified atom stereocenters. The summed E-state index contributed by atoms with van der Waals surface area (Å²) in [4.78, 5) is 14.1. The summed E-state index contributed by atoms with van der Waals surface area (Å²) in [5, 5.41) is 0. The van der Waals surface area contributed by atoms with Crippen molar-refractivity contribution >= 4 is 6.29 Å². The number of nitrogens with two attached hydrogens (primary N) is 1. The molecule has 1 heterocycles. The summed E-state index contributed by atoms with van der Waals surface area (Å²) in [5.41, 5.74) is 5.09. The Kier molecular flexibility index (Phi) is 3.68. The number of hydrogen-bond donors (Lipinski definition) is 1. The van der Waals surface area contributed by atoms with Crippen LogP contribution in [0.25, 0.3) is 0 Å². The molecule has 0 aliphatic heterocycles. The number of carbonyl (C=O) groups excluding carboxylic acids is 1. The van der Waals surface area contributed by atoms with Gasteiger partial charge in [0.25, 0.3) is 6.43 Å². The lowest BCUT2D eigenvalue weighted by molar-refractivity contribution is 0.111. The van der Waals surface area contributed by atoms with E-state index in [0.29, 0.717) is 11.8 Å². The normalized spacial score (nSPS) is 10.5. The van der Waals surface area contributed by atoms with Crippen LogP contribution in [0.5, 0.6) is 5.75 Å². The molecule has 0 aliphatic rings. The third kappa shape index (κ3) is 2.27. The van der Waals surface area contributed by atoms with Crippen molar-refractivity contribution in [1.29, 1.82) is 0 Å². The molecule has 15 heavy (non-hydrogen) atoms.